The molecule has 5 heteroatoms. The van der Waals surface area contributed by atoms with E-state index in [0.29, 0.717) is 0 Å². The summed E-state index contributed by atoms with van der Waals surface area (Å²) in [5.74, 6) is 1.93. The van der Waals surface area contributed by atoms with Crippen LogP contribution < -0.4 is 5.32 Å². The van der Waals surface area contributed by atoms with Gasteiger partial charge >= 0.3 is 0 Å². The molecule has 0 aliphatic heterocycles. The van der Waals surface area contributed by atoms with E-state index in [-0.39, 0.29) is 17.9 Å². The Labute approximate surface area is 190 Å². The van der Waals surface area contributed by atoms with E-state index in [2.05, 4.69) is 72.7 Å². The van der Waals surface area contributed by atoms with Crippen LogP contribution in [0.5, 0.6) is 0 Å². The molecular weight excluding hydrogens is 396 g/mol. The van der Waals surface area contributed by atoms with Crippen LogP contribution in [0.2, 0.25) is 0 Å². The molecule has 0 saturated carbocycles. The van der Waals surface area contributed by atoms with Crippen molar-refractivity contribution in [2.75, 3.05) is 19.4 Å². The van der Waals surface area contributed by atoms with Crippen molar-refractivity contribution in [1.29, 1.82) is 0 Å². The molecule has 3 aromatic rings. The third-order valence-corrected chi connectivity index (χ3v) is 6.27. The lowest BCUT2D eigenvalue weighted by Gasteiger charge is -2.24. The summed E-state index contributed by atoms with van der Waals surface area (Å²) >= 11 is 0. The summed E-state index contributed by atoms with van der Waals surface area (Å²) < 4.78 is 0. The van der Waals surface area contributed by atoms with Crippen molar-refractivity contribution in [1.82, 2.24) is 14.9 Å². The second kappa shape index (κ2) is 9.11. The number of benzene rings is 2. The molecule has 1 unspecified atom stereocenters. The first-order valence-corrected chi connectivity index (χ1v) is 11.3. The fourth-order valence-electron chi connectivity index (χ4n) is 4.47. The van der Waals surface area contributed by atoms with Crippen LogP contribution >= 0.6 is 0 Å². The van der Waals surface area contributed by atoms with E-state index in [4.69, 9.17) is 4.98 Å². The predicted octanol–water partition coefficient (Wildman–Crippen LogP) is 5.69. The van der Waals surface area contributed by atoms with Gasteiger partial charge in [0.2, 0.25) is 5.91 Å². The second-order valence-corrected chi connectivity index (χ2v) is 9.06. The number of allylic oxidation sites excluding steroid dienone is 2. The van der Waals surface area contributed by atoms with Crippen molar-refractivity contribution in [3.05, 3.63) is 71.1 Å². The van der Waals surface area contributed by atoms with E-state index in [1.165, 1.54) is 22.3 Å². The minimum Gasteiger partial charge on any atom is -0.363 e. The zero-order chi connectivity index (χ0) is 22.8. The molecule has 1 aromatic heterocycles. The number of aryl methyl sites for hydroxylation is 2. The zero-order valence-corrected chi connectivity index (χ0v) is 19.6. The number of hydrogen-bond acceptors (Lipinski definition) is 4. The van der Waals surface area contributed by atoms with Crippen molar-refractivity contribution in [3.63, 3.8) is 0 Å². The molecule has 0 bridgehead atoms. The van der Waals surface area contributed by atoms with Gasteiger partial charge in [0.1, 0.15) is 11.6 Å². The molecule has 0 spiro atoms. The van der Waals surface area contributed by atoms with Crippen LogP contribution in [0.4, 0.5) is 5.82 Å². The third kappa shape index (κ3) is 4.67. The SMILES string of the molecule is Cc1cccc([C@H](C)Nc2nc(C)nc3ccc(C4=CCC(C(=O)N(C)C)CC4)cc23)c1. The number of rotatable bonds is 5. The molecule has 1 amide bonds. The number of nitrogens with one attached hydrogen (secondary N) is 1. The van der Waals surface area contributed by atoms with Gasteiger partial charge in [0.05, 0.1) is 5.52 Å². The van der Waals surface area contributed by atoms with Gasteiger partial charge in [0.15, 0.2) is 0 Å². The van der Waals surface area contributed by atoms with Crippen molar-refractivity contribution in [3.8, 4) is 0 Å². The first-order chi connectivity index (χ1) is 15.3. The highest BCUT2D eigenvalue weighted by Gasteiger charge is 2.23. The maximum Gasteiger partial charge on any atom is 0.225 e. The molecule has 4 rings (SSSR count). The first kappa shape index (κ1) is 22.0. The number of amides is 1. The van der Waals surface area contributed by atoms with Crippen LogP contribution in [0.15, 0.2) is 48.5 Å². The molecule has 1 aliphatic rings. The minimum absolute atomic E-state index is 0.0904. The molecule has 0 fully saturated rings. The number of nitrogens with zero attached hydrogens (tertiary/aromatic N) is 3. The highest BCUT2D eigenvalue weighted by Crippen LogP contribution is 2.34. The molecule has 1 N–H and O–H groups in total. The van der Waals surface area contributed by atoms with Crippen LogP contribution in [0.25, 0.3) is 16.5 Å². The van der Waals surface area contributed by atoms with Crippen molar-refractivity contribution >= 4 is 28.2 Å². The van der Waals surface area contributed by atoms with Gasteiger partial charge in [-0.25, -0.2) is 9.97 Å². The Morgan fingerprint density at radius 3 is 2.62 bits per heavy atom. The van der Waals surface area contributed by atoms with Crippen LogP contribution in [0.1, 0.15) is 54.7 Å². The number of anilines is 1. The van der Waals surface area contributed by atoms with Crippen molar-refractivity contribution in [2.24, 2.45) is 5.92 Å². The molecule has 0 saturated heterocycles. The second-order valence-electron chi connectivity index (χ2n) is 9.06. The van der Waals surface area contributed by atoms with E-state index in [1.54, 1.807) is 4.90 Å². The number of carbonyl (C=O) groups excluding carboxylic acids is 1. The van der Waals surface area contributed by atoms with Gasteiger partial charge < -0.3 is 10.2 Å². The first-order valence-electron chi connectivity index (χ1n) is 11.3. The van der Waals surface area contributed by atoms with Crippen LogP contribution in [0.3, 0.4) is 0 Å². The minimum atomic E-state index is 0.0904. The van der Waals surface area contributed by atoms with E-state index < -0.39 is 0 Å². The van der Waals surface area contributed by atoms with Gasteiger partial charge in [-0.1, -0.05) is 42.0 Å². The van der Waals surface area contributed by atoms with E-state index in [0.717, 1.165) is 41.8 Å². The monoisotopic (exact) mass is 428 g/mol. The maximum absolute atomic E-state index is 12.3. The lowest BCUT2D eigenvalue weighted by atomic mass is 9.85. The number of hydrogen-bond donors (Lipinski definition) is 1. The maximum atomic E-state index is 12.3. The molecule has 1 heterocycles. The number of fused-ring (bicyclic) bond motifs is 1. The van der Waals surface area contributed by atoms with Crippen LogP contribution in [-0.2, 0) is 4.79 Å². The number of aromatic nitrogens is 2. The Balaban J connectivity index is 1.64. The Morgan fingerprint density at radius 2 is 1.94 bits per heavy atom. The van der Waals surface area contributed by atoms with Crippen LogP contribution in [0, 0.1) is 19.8 Å². The van der Waals surface area contributed by atoms with E-state index >= 15 is 0 Å². The molecule has 2 aromatic carbocycles. The van der Waals surface area contributed by atoms with Crippen LogP contribution in [-0.4, -0.2) is 34.9 Å². The molecule has 166 valence electrons. The van der Waals surface area contributed by atoms with E-state index in [9.17, 15) is 4.79 Å². The van der Waals surface area contributed by atoms with Gasteiger partial charge in [0, 0.05) is 31.4 Å². The van der Waals surface area contributed by atoms with Gasteiger partial charge in [0.25, 0.3) is 0 Å². The normalized spacial score (nSPS) is 17.0. The lowest BCUT2D eigenvalue weighted by molar-refractivity contribution is -0.133. The zero-order valence-electron chi connectivity index (χ0n) is 19.6. The average molecular weight is 429 g/mol. The Kier molecular flexibility index (Phi) is 6.26. The summed E-state index contributed by atoms with van der Waals surface area (Å²) in [4.78, 5) is 23.4. The molecule has 32 heavy (non-hydrogen) atoms. The van der Waals surface area contributed by atoms with E-state index in [1.807, 2.05) is 21.0 Å². The molecule has 1 aliphatic carbocycles. The average Bonchev–Trinajstić information content (AvgIpc) is 2.78. The van der Waals surface area contributed by atoms with Crippen molar-refractivity contribution in [2.45, 2.75) is 46.1 Å². The summed E-state index contributed by atoms with van der Waals surface area (Å²) in [6, 6.07) is 15.1. The van der Waals surface area contributed by atoms with Gasteiger partial charge in [-0.3, -0.25) is 4.79 Å². The summed E-state index contributed by atoms with van der Waals surface area (Å²) in [6.07, 6.45) is 4.82. The summed E-state index contributed by atoms with van der Waals surface area (Å²) in [6.45, 7) is 6.20. The largest absolute Gasteiger partial charge is 0.363 e. The summed E-state index contributed by atoms with van der Waals surface area (Å²) in [5.41, 5.74) is 5.91. The number of carbonyl (C=O) groups is 1. The Hall–Kier alpha value is -3.21. The van der Waals surface area contributed by atoms with Crippen molar-refractivity contribution < 1.29 is 4.79 Å². The third-order valence-electron chi connectivity index (χ3n) is 6.27. The quantitative estimate of drug-likeness (QED) is 0.567. The smallest absolute Gasteiger partial charge is 0.225 e. The summed E-state index contributed by atoms with van der Waals surface area (Å²) in [7, 11) is 3.67. The van der Waals surface area contributed by atoms with Gasteiger partial charge in [-0.05, 0) is 68.9 Å². The fourth-order valence-corrected chi connectivity index (χ4v) is 4.47. The van der Waals surface area contributed by atoms with Gasteiger partial charge in [-0.15, -0.1) is 0 Å². The highest BCUT2D eigenvalue weighted by molar-refractivity contribution is 5.92. The molecule has 2 atom stereocenters. The Morgan fingerprint density at radius 1 is 1.12 bits per heavy atom. The highest BCUT2D eigenvalue weighted by atomic mass is 16.2. The fraction of sp³-hybridized carbons (Fsp3) is 0.370. The molecular formula is C27H32N4O. The summed E-state index contributed by atoms with van der Waals surface area (Å²) in [5, 5.41) is 4.64. The standard InChI is InChI=1S/C27H32N4O/c1-17-7-6-8-22(15-17)18(2)28-26-24-16-23(13-14-25(24)29-19(3)30-26)20-9-11-21(12-10-20)27(32)31(4)5/h6-9,13-16,18,21H,10-12H2,1-5H3,(H,28,29,30)/t18-,21?/m0/s1. The van der Waals surface area contributed by atoms with Gasteiger partial charge in [-0.2, -0.15) is 0 Å². The Bertz CT molecular complexity index is 1180. The topological polar surface area (TPSA) is 58.1 Å². The molecule has 5 nitrogen and oxygen atoms in total. The predicted molar refractivity (Wildman–Crippen MR) is 132 cm³/mol. The lowest BCUT2D eigenvalue weighted by Crippen LogP contribution is -2.30. The molecule has 0 radical (unpaired) electrons.